The first kappa shape index (κ1) is 10.8. The highest BCUT2D eigenvalue weighted by Gasteiger charge is 2.12. The molecule has 0 saturated carbocycles. The monoisotopic (exact) mass is 283 g/mol. The van der Waals surface area contributed by atoms with E-state index in [-0.39, 0.29) is 5.75 Å². The van der Waals surface area contributed by atoms with Gasteiger partial charge in [-0.05, 0) is 12.1 Å². The molecule has 6 heteroatoms. The first-order valence-electron chi connectivity index (χ1n) is 4.49. The first-order chi connectivity index (χ1) is 7.63. The lowest BCUT2D eigenvalue weighted by Gasteiger charge is -2.08. The second-order valence-electron chi connectivity index (χ2n) is 3.20. The van der Waals surface area contributed by atoms with E-state index in [4.69, 9.17) is 10.5 Å². The van der Waals surface area contributed by atoms with Crippen LogP contribution in [0.15, 0.2) is 22.8 Å². The number of rotatable bonds is 2. The lowest BCUT2D eigenvalue weighted by atomic mass is 10.1. The second kappa shape index (κ2) is 4.05. The lowest BCUT2D eigenvalue weighted by Crippen LogP contribution is -1.90. The van der Waals surface area contributed by atoms with Crippen LogP contribution in [-0.2, 0) is 0 Å². The van der Waals surface area contributed by atoms with E-state index in [1.165, 1.54) is 7.11 Å². The summed E-state index contributed by atoms with van der Waals surface area (Å²) in [5.74, 6) is 0.907. The summed E-state index contributed by atoms with van der Waals surface area (Å²) < 4.78 is 5.77. The van der Waals surface area contributed by atoms with Gasteiger partial charge in [-0.15, -0.1) is 0 Å². The van der Waals surface area contributed by atoms with Crippen molar-refractivity contribution in [1.29, 1.82) is 0 Å². The van der Waals surface area contributed by atoms with Crippen molar-refractivity contribution >= 4 is 21.7 Å². The number of ether oxygens (including phenoxy) is 1. The van der Waals surface area contributed by atoms with Gasteiger partial charge in [-0.3, -0.25) is 5.10 Å². The SMILES string of the molecule is COc1cc(Br)c(-c2cn[nH]c2N)cc1O. The van der Waals surface area contributed by atoms with Gasteiger partial charge in [0.1, 0.15) is 5.82 Å². The van der Waals surface area contributed by atoms with Crippen molar-refractivity contribution in [2.75, 3.05) is 12.8 Å². The van der Waals surface area contributed by atoms with Crippen LogP contribution >= 0.6 is 15.9 Å². The van der Waals surface area contributed by atoms with Crippen molar-refractivity contribution in [3.63, 3.8) is 0 Å². The molecule has 2 rings (SSSR count). The number of nitrogens with two attached hydrogens (primary N) is 1. The van der Waals surface area contributed by atoms with Crippen molar-refractivity contribution in [1.82, 2.24) is 10.2 Å². The summed E-state index contributed by atoms with van der Waals surface area (Å²) in [4.78, 5) is 0. The zero-order valence-electron chi connectivity index (χ0n) is 8.49. The molecule has 16 heavy (non-hydrogen) atoms. The number of aromatic hydroxyl groups is 1. The summed E-state index contributed by atoms with van der Waals surface area (Å²) in [6.07, 6.45) is 1.60. The van der Waals surface area contributed by atoms with Crippen LogP contribution in [0.4, 0.5) is 5.82 Å². The van der Waals surface area contributed by atoms with Crippen LogP contribution in [0.2, 0.25) is 0 Å². The van der Waals surface area contributed by atoms with Gasteiger partial charge in [0.25, 0.3) is 0 Å². The van der Waals surface area contributed by atoms with E-state index >= 15 is 0 Å². The van der Waals surface area contributed by atoms with E-state index in [0.717, 1.165) is 15.6 Å². The number of anilines is 1. The number of aromatic amines is 1. The number of nitrogens with zero attached hydrogens (tertiary/aromatic N) is 1. The van der Waals surface area contributed by atoms with Gasteiger partial charge >= 0.3 is 0 Å². The standard InChI is InChI=1S/C10H10BrN3O2/c1-16-9-3-7(11)5(2-8(9)15)6-4-13-14-10(6)12/h2-4,15H,1H3,(H3,12,13,14). The molecule has 0 saturated heterocycles. The van der Waals surface area contributed by atoms with Crippen LogP contribution in [0, 0.1) is 0 Å². The smallest absolute Gasteiger partial charge is 0.161 e. The molecule has 1 aromatic heterocycles. The fraction of sp³-hybridized carbons (Fsp3) is 0.100. The maximum absolute atomic E-state index is 9.69. The van der Waals surface area contributed by atoms with Crippen molar-refractivity contribution in [2.24, 2.45) is 0 Å². The molecule has 0 fully saturated rings. The highest BCUT2D eigenvalue weighted by molar-refractivity contribution is 9.10. The number of nitrogen functional groups attached to an aromatic ring is 1. The molecule has 1 aromatic carbocycles. The molecule has 0 aliphatic carbocycles. The second-order valence-corrected chi connectivity index (χ2v) is 4.06. The van der Waals surface area contributed by atoms with Gasteiger partial charge in [0, 0.05) is 15.6 Å². The van der Waals surface area contributed by atoms with Gasteiger partial charge in [0.15, 0.2) is 11.5 Å². The van der Waals surface area contributed by atoms with Crippen LogP contribution in [0.25, 0.3) is 11.1 Å². The van der Waals surface area contributed by atoms with E-state index in [0.29, 0.717) is 11.6 Å². The average Bonchev–Trinajstić information content (AvgIpc) is 2.67. The third-order valence-electron chi connectivity index (χ3n) is 2.23. The molecule has 5 nitrogen and oxygen atoms in total. The molecule has 0 spiro atoms. The Morgan fingerprint density at radius 2 is 2.19 bits per heavy atom. The van der Waals surface area contributed by atoms with Crippen molar-refractivity contribution in [3.05, 3.63) is 22.8 Å². The normalized spacial score (nSPS) is 10.4. The lowest BCUT2D eigenvalue weighted by molar-refractivity contribution is 0.373. The fourth-order valence-corrected chi connectivity index (χ4v) is 1.96. The molecule has 84 valence electrons. The molecule has 1 heterocycles. The molecule has 2 aromatic rings. The molecule has 0 unspecified atom stereocenters. The zero-order valence-corrected chi connectivity index (χ0v) is 10.1. The van der Waals surface area contributed by atoms with Crippen molar-refractivity contribution in [2.45, 2.75) is 0 Å². The Hall–Kier alpha value is -1.69. The molecule has 0 radical (unpaired) electrons. The van der Waals surface area contributed by atoms with E-state index in [1.807, 2.05) is 0 Å². The third kappa shape index (κ3) is 1.71. The Labute approximate surface area is 100 Å². The Morgan fingerprint density at radius 3 is 2.75 bits per heavy atom. The highest BCUT2D eigenvalue weighted by atomic mass is 79.9. The van der Waals surface area contributed by atoms with Gasteiger partial charge in [-0.25, -0.2) is 0 Å². The number of methoxy groups -OCH3 is 1. The van der Waals surface area contributed by atoms with Crippen molar-refractivity contribution < 1.29 is 9.84 Å². The summed E-state index contributed by atoms with van der Waals surface area (Å²) in [5, 5.41) is 16.2. The number of phenolic OH excluding ortho intramolecular Hbond substituents is 1. The number of aromatic nitrogens is 2. The molecule has 4 N–H and O–H groups in total. The Bertz CT molecular complexity index is 525. The summed E-state index contributed by atoms with van der Waals surface area (Å²) in [7, 11) is 1.49. The maximum Gasteiger partial charge on any atom is 0.161 e. The third-order valence-corrected chi connectivity index (χ3v) is 2.88. The fourth-order valence-electron chi connectivity index (χ4n) is 1.42. The predicted octanol–water partition coefficient (Wildman–Crippen LogP) is 2.14. The van der Waals surface area contributed by atoms with Gasteiger partial charge in [0.05, 0.1) is 13.3 Å². The van der Waals surface area contributed by atoms with Crippen LogP contribution < -0.4 is 10.5 Å². The molecular formula is C10H10BrN3O2. The molecule has 0 bridgehead atoms. The topological polar surface area (TPSA) is 84.2 Å². The van der Waals surface area contributed by atoms with Gasteiger partial charge < -0.3 is 15.6 Å². The van der Waals surface area contributed by atoms with E-state index in [9.17, 15) is 5.11 Å². The number of nitrogens with one attached hydrogen (secondary N) is 1. The number of hydrogen-bond donors (Lipinski definition) is 3. The van der Waals surface area contributed by atoms with Gasteiger partial charge in [-0.1, -0.05) is 15.9 Å². The minimum atomic E-state index is 0.0568. The summed E-state index contributed by atoms with van der Waals surface area (Å²) >= 11 is 3.39. The predicted molar refractivity (Wildman–Crippen MR) is 64.4 cm³/mol. The van der Waals surface area contributed by atoms with Crippen LogP contribution in [-0.4, -0.2) is 22.4 Å². The number of halogens is 1. The Balaban J connectivity index is 2.59. The molecule has 0 atom stereocenters. The van der Waals surface area contributed by atoms with Crippen LogP contribution in [0.3, 0.4) is 0 Å². The maximum atomic E-state index is 9.69. The largest absolute Gasteiger partial charge is 0.504 e. The number of hydrogen-bond acceptors (Lipinski definition) is 4. The minimum Gasteiger partial charge on any atom is -0.504 e. The minimum absolute atomic E-state index is 0.0568. The number of phenols is 1. The van der Waals surface area contributed by atoms with E-state index in [2.05, 4.69) is 26.1 Å². The molecule has 0 aliphatic heterocycles. The van der Waals surface area contributed by atoms with Gasteiger partial charge in [-0.2, -0.15) is 5.10 Å². The Kier molecular flexibility index (Phi) is 2.74. The number of benzene rings is 1. The average molecular weight is 284 g/mol. The molecule has 0 amide bonds. The first-order valence-corrected chi connectivity index (χ1v) is 5.28. The summed E-state index contributed by atoms with van der Waals surface area (Å²) in [6, 6.07) is 3.25. The summed E-state index contributed by atoms with van der Waals surface area (Å²) in [6.45, 7) is 0. The molecular weight excluding hydrogens is 274 g/mol. The summed E-state index contributed by atoms with van der Waals surface area (Å²) in [5.41, 5.74) is 7.19. The highest BCUT2D eigenvalue weighted by Crippen LogP contribution is 2.39. The van der Waals surface area contributed by atoms with E-state index in [1.54, 1.807) is 18.3 Å². The van der Waals surface area contributed by atoms with E-state index < -0.39 is 0 Å². The van der Waals surface area contributed by atoms with Crippen LogP contribution in [0.1, 0.15) is 0 Å². The molecule has 0 aliphatic rings. The zero-order chi connectivity index (χ0) is 11.7. The van der Waals surface area contributed by atoms with Gasteiger partial charge in [0.2, 0.25) is 0 Å². The quantitative estimate of drug-likeness (QED) is 0.788. The van der Waals surface area contributed by atoms with Crippen molar-refractivity contribution in [3.8, 4) is 22.6 Å². The Morgan fingerprint density at radius 1 is 1.44 bits per heavy atom. The number of H-pyrrole nitrogens is 1. The van der Waals surface area contributed by atoms with Crippen LogP contribution in [0.5, 0.6) is 11.5 Å².